The molecule has 0 atom stereocenters. The molecule has 10 heteroatoms. The molecule has 0 fully saturated rings. The first-order valence-corrected chi connectivity index (χ1v) is 3.41. The monoisotopic (exact) mass is 200 g/mol. The Morgan fingerprint density at radius 1 is 1.07 bits per heavy atom. The first kappa shape index (κ1) is 9.24. The van der Waals surface area contributed by atoms with Crippen molar-refractivity contribution >= 4 is 17.7 Å². The van der Waals surface area contributed by atoms with Crippen LogP contribution in [-0.4, -0.2) is 29.8 Å². The molecule has 3 rings (SSSR count). The van der Waals surface area contributed by atoms with E-state index in [1.54, 1.807) is 0 Å². The number of hydrazine groups is 1. The van der Waals surface area contributed by atoms with Gasteiger partial charge in [0.05, 0.1) is 0 Å². The van der Waals surface area contributed by atoms with E-state index in [1.165, 1.54) is 4.40 Å². The van der Waals surface area contributed by atoms with E-state index < -0.39 is 0 Å². The van der Waals surface area contributed by atoms with Crippen LogP contribution in [-0.2, 0) is 0 Å². The van der Waals surface area contributed by atoms with Crippen molar-refractivity contribution in [2.24, 2.45) is 0 Å². The molecule has 2 aromatic rings. The Morgan fingerprint density at radius 3 is 2.71 bits per heavy atom. The van der Waals surface area contributed by atoms with Crippen molar-refractivity contribution in [2.75, 3.05) is 10.9 Å². The SMILES string of the molecule is N=c1nc2n3c(nnnc3n1)NN2.[Na+]. The fraction of sp³-hybridized carbons (Fsp3) is 0. The van der Waals surface area contributed by atoms with E-state index in [2.05, 4.69) is 36.2 Å². The molecule has 9 nitrogen and oxygen atoms in total. The second-order valence-corrected chi connectivity index (χ2v) is 2.37. The van der Waals surface area contributed by atoms with E-state index in [0.29, 0.717) is 11.9 Å². The van der Waals surface area contributed by atoms with Gasteiger partial charge in [0, 0.05) is 0 Å². The fourth-order valence-electron chi connectivity index (χ4n) is 1.10. The van der Waals surface area contributed by atoms with Crippen LogP contribution >= 0.6 is 0 Å². The molecule has 14 heavy (non-hydrogen) atoms. The third kappa shape index (κ3) is 1.14. The molecule has 0 aromatic carbocycles. The van der Waals surface area contributed by atoms with Gasteiger partial charge in [-0.25, -0.2) is 4.40 Å². The number of hydrogen-bond donors (Lipinski definition) is 3. The van der Waals surface area contributed by atoms with Gasteiger partial charge in [-0.05, 0) is 5.21 Å². The Balaban J connectivity index is 0.000000750. The van der Waals surface area contributed by atoms with Crippen LogP contribution in [0.15, 0.2) is 0 Å². The van der Waals surface area contributed by atoms with Gasteiger partial charge in [-0.1, -0.05) is 10.2 Å². The summed E-state index contributed by atoms with van der Waals surface area (Å²) >= 11 is 0. The molecule has 2 aromatic heterocycles. The van der Waals surface area contributed by atoms with Crippen LogP contribution in [0.3, 0.4) is 0 Å². The zero-order valence-corrected chi connectivity index (χ0v) is 9.18. The standard InChI is InChI=1S/C4H3N9.Na/c5-1-6-2-8-9-4-11-12-10-3(7-1)13(2)4;/h(H3,5,6,7,8,9,10,11);/q;+1. The van der Waals surface area contributed by atoms with E-state index in [1.807, 2.05) is 0 Å². The van der Waals surface area contributed by atoms with Gasteiger partial charge >= 0.3 is 29.6 Å². The molecule has 1 aliphatic heterocycles. The molecular formula is C4H3N9Na+. The van der Waals surface area contributed by atoms with E-state index >= 15 is 0 Å². The first-order valence-electron chi connectivity index (χ1n) is 3.41. The molecule has 0 saturated heterocycles. The molecule has 0 bridgehead atoms. The van der Waals surface area contributed by atoms with E-state index in [9.17, 15) is 0 Å². The summed E-state index contributed by atoms with van der Waals surface area (Å²) in [6.45, 7) is 0. The van der Waals surface area contributed by atoms with Crippen LogP contribution in [0.4, 0.5) is 11.9 Å². The Labute approximate surface area is 98.8 Å². The third-order valence-electron chi connectivity index (χ3n) is 1.60. The van der Waals surface area contributed by atoms with Crippen molar-refractivity contribution in [3.05, 3.63) is 5.62 Å². The Morgan fingerprint density at radius 2 is 1.86 bits per heavy atom. The van der Waals surface area contributed by atoms with Crippen LogP contribution < -0.4 is 46.0 Å². The normalized spacial score (nSPS) is 11.7. The van der Waals surface area contributed by atoms with Crippen molar-refractivity contribution in [2.45, 2.75) is 0 Å². The summed E-state index contributed by atoms with van der Waals surface area (Å²) in [6.07, 6.45) is 0. The van der Waals surface area contributed by atoms with Gasteiger partial charge in [-0.3, -0.25) is 16.3 Å². The van der Waals surface area contributed by atoms with Crippen molar-refractivity contribution in [3.63, 3.8) is 0 Å². The van der Waals surface area contributed by atoms with Crippen LogP contribution in [0.5, 0.6) is 0 Å². The fourth-order valence-corrected chi connectivity index (χ4v) is 1.10. The topological polar surface area (TPSA) is 117 Å². The van der Waals surface area contributed by atoms with Crippen molar-refractivity contribution in [1.82, 2.24) is 29.8 Å². The van der Waals surface area contributed by atoms with Crippen LogP contribution in [0.1, 0.15) is 0 Å². The van der Waals surface area contributed by atoms with Gasteiger partial charge in [-0.15, -0.1) is 0 Å². The summed E-state index contributed by atoms with van der Waals surface area (Å²) < 4.78 is 1.53. The first-order chi connectivity index (χ1) is 6.34. The van der Waals surface area contributed by atoms with Crippen LogP contribution in [0.2, 0.25) is 0 Å². The molecule has 0 radical (unpaired) electrons. The maximum Gasteiger partial charge on any atom is 1.00 e. The zero-order valence-electron chi connectivity index (χ0n) is 7.18. The molecule has 0 aliphatic carbocycles. The van der Waals surface area contributed by atoms with E-state index in [4.69, 9.17) is 5.41 Å². The maximum absolute atomic E-state index is 7.25. The predicted octanol–water partition coefficient (Wildman–Crippen LogP) is -4.85. The molecule has 3 N–H and O–H groups in total. The average molecular weight is 200 g/mol. The second kappa shape index (κ2) is 3.12. The maximum atomic E-state index is 7.25. The largest absolute Gasteiger partial charge is 1.00 e. The van der Waals surface area contributed by atoms with Crippen molar-refractivity contribution in [1.29, 1.82) is 5.41 Å². The average Bonchev–Trinajstić information content (AvgIpc) is 2.50. The molecule has 0 spiro atoms. The van der Waals surface area contributed by atoms with E-state index in [0.717, 1.165) is 0 Å². The summed E-state index contributed by atoms with van der Waals surface area (Å²) in [5.41, 5.74) is 5.31. The van der Waals surface area contributed by atoms with E-state index in [-0.39, 0.29) is 41.0 Å². The number of aromatic nitrogens is 6. The van der Waals surface area contributed by atoms with Gasteiger partial charge in [0.15, 0.2) is 0 Å². The summed E-state index contributed by atoms with van der Waals surface area (Å²) in [5, 5.41) is 18.1. The smallest absolute Gasteiger partial charge is 0.266 e. The molecule has 0 amide bonds. The molecule has 3 heterocycles. The Bertz CT molecular complexity index is 546. The minimum Gasteiger partial charge on any atom is -0.266 e. The number of rotatable bonds is 0. The van der Waals surface area contributed by atoms with Crippen molar-refractivity contribution < 1.29 is 29.6 Å². The summed E-state index contributed by atoms with van der Waals surface area (Å²) in [6, 6.07) is 0. The minimum absolute atomic E-state index is 0. The van der Waals surface area contributed by atoms with Gasteiger partial charge in [-0.2, -0.15) is 9.97 Å². The molecule has 0 unspecified atom stereocenters. The molecule has 64 valence electrons. The Hall–Kier alpha value is -1.32. The minimum atomic E-state index is -0.113. The third-order valence-corrected chi connectivity index (χ3v) is 1.60. The summed E-state index contributed by atoms with van der Waals surface area (Å²) in [4.78, 5) is 7.57. The number of nitrogens with one attached hydrogen (secondary N) is 3. The zero-order chi connectivity index (χ0) is 8.84. The molecule has 0 saturated carbocycles. The quantitative estimate of drug-likeness (QED) is 0.365. The summed E-state index contributed by atoms with van der Waals surface area (Å²) in [7, 11) is 0. The number of hydrogen-bond acceptors (Lipinski definition) is 8. The van der Waals surface area contributed by atoms with Gasteiger partial charge < -0.3 is 0 Å². The number of nitrogens with zero attached hydrogens (tertiary/aromatic N) is 6. The van der Waals surface area contributed by atoms with Crippen LogP contribution in [0.25, 0.3) is 5.78 Å². The second-order valence-electron chi connectivity index (χ2n) is 2.37. The van der Waals surface area contributed by atoms with Gasteiger partial charge in [0.1, 0.15) is 0 Å². The van der Waals surface area contributed by atoms with Crippen molar-refractivity contribution in [3.8, 4) is 0 Å². The van der Waals surface area contributed by atoms with Gasteiger partial charge in [0.25, 0.3) is 11.7 Å². The Kier molecular flexibility index (Phi) is 2.06. The number of anilines is 2. The molecular weight excluding hydrogens is 197 g/mol. The van der Waals surface area contributed by atoms with Crippen LogP contribution in [0, 0.1) is 5.41 Å². The summed E-state index contributed by atoms with van der Waals surface area (Å²) in [5.74, 6) is 1.19. The molecule has 1 aliphatic rings. The predicted molar refractivity (Wildman–Crippen MR) is 39.5 cm³/mol. The van der Waals surface area contributed by atoms with Gasteiger partial charge in [0.2, 0.25) is 11.6 Å².